The Morgan fingerprint density at radius 2 is 1.92 bits per heavy atom. The summed E-state index contributed by atoms with van der Waals surface area (Å²) in [5.41, 5.74) is 3.04. The van der Waals surface area contributed by atoms with Gasteiger partial charge in [-0.05, 0) is 62.9 Å². The second-order valence-corrected chi connectivity index (χ2v) is 10.7. The minimum atomic E-state index is -0.498. The van der Waals surface area contributed by atoms with E-state index in [0.717, 1.165) is 17.8 Å². The molecule has 0 spiro atoms. The van der Waals surface area contributed by atoms with Crippen LogP contribution in [0.3, 0.4) is 0 Å². The summed E-state index contributed by atoms with van der Waals surface area (Å²) in [5.74, 6) is 0.0386. The molecule has 0 amide bonds. The van der Waals surface area contributed by atoms with Crippen LogP contribution < -0.4 is 15.9 Å². The Bertz CT molecular complexity index is 1690. The van der Waals surface area contributed by atoms with Crippen LogP contribution in [0.5, 0.6) is 0 Å². The van der Waals surface area contributed by atoms with E-state index in [1.807, 2.05) is 26.8 Å². The summed E-state index contributed by atoms with van der Waals surface area (Å²) in [6, 6.07) is 11.0. The zero-order valence-electron chi connectivity index (χ0n) is 23.1. The maximum Gasteiger partial charge on any atom is 0.355 e. The molecule has 0 radical (unpaired) electrons. The lowest BCUT2D eigenvalue weighted by Crippen LogP contribution is -2.55. The SMILES string of the molecule is Cc1cccc(-c2nc3c(cc2C#N)c(N2C[C@@H](C)NC[C@@H]2C)nc(=O)n3-c2c(C)ccnc2C(C)C)c1F. The van der Waals surface area contributed by atoms with Crippen molar-refractivity contribution in [2.45, 2.75) is 59.5 Å². The van der Waals surface area contributed by atoms with Crippen LogP contribution in [-0.4, -0.2) is 44.7 Å². The smallest absolute Gasteiger partial charge is 0.350 e. The highest BCUT2D eigenvalue weighted by Crippen LogP contribution is 2.34. The van der Waals surface area contributed by atoms with Gasteiger partial charge >= 0.3 is 5.69 Å². The number of hydrogen-bond acceptors (Lipinski definition) is 7. The van der Waals surface area contributed by atoms with E-state index >= 15 is 4.39 Å². The van der Waals surface area contributed by atoms with Crippen LogP contribution in [0, 0.1) is 31.0 Å². The van der Waals surface area contributed by atoms with Crippen molar-refractivity contribution in [3.8, 4) is 23.0 Å². The maximum absolute atomic E-state index is 15.3. The summed E-state index contributed by atoms with van der Waals surface area (Å²) >= 11 is 0. The van der Waals surface area contributed by atoms with E-state index in [-0.39, 0.29) is 34.8 Å². The first-order valence-electron chi connectivity index (χ1n) is 13.2. The van der Waals surface area contributed by atoms with Crippen LogP contribution in [-0.2, 0) is 0 Å². The number of hydrogen-bond donors (Lipinski definition) is 1. The summed E-state index contributed by atoms with van der Waals surface area (Å²) in [5, 5.41) is 14.2. The van der Waals surface area contributed by atoms with Crippen molar-refractivity contribution in [2.75, 3.05) is 18.0 Å². The van der Waals surface area contributed by atoms with Crippen molar-refractivity contribution in [3.05, 3.63) is 75.2 Å². The molecule has 1 saturated heterocycles. The molecule has 0 aliphatic carbocycles. The van der Waals surface area contributed by atoms with Crippen molar-refractivity contribution in [3.63, 3.8) is 0 Å². The fourth-order valence-electron chi connectivity index (χ4n) is 5.27. The molecule has 0 unspecified atom stereocenters. The average Bonchev–Trinajstić information content (AvgIpc) is 2.91. The molecule has 1 aromatic carbocycles. The lowest BCUT2D eigenvalue weighted by molar-refractivity contribution is 0.423. The quantitative estimate of drug-likeness (QED) is 0.409. The number of fused-ring (bicyclic) bond motifs is 1. The molecule has 1 aliphatic heterocycles. The van der Waals surface area contributed by atoms with E-state index in [1.54, 1.807) is 37.4 Å². The number of piperazine rings is 1. The minimum Gasteiger partial charge on any atom is -0.350 e. The first-order valence-corrected chi connectivity index (χ1v) is 13.2. The predicted octanol–water partition coefficient (Wildman–Crippen LogP) is 4.78. The van der Waals surface area contributed by atoms with Crippen molar-refractivity contribution in [1.29, 1.82) is 5.26 Å². The van der Waals surface area contributed by atoms with Gasteiger partial charge in [0.15, 0.2) is 5.65 Å². The van der Waals surface area contributed by atoms with Crippen molar-refractivity contribution in [2.24, 2.45) is 0 Å². The van der Waals surface area contributed by atoms with Crippen molar-refractivity contribution in [1.82, 2.24) is 24.8 Å². The maximum atomic E-state index is 15.3. The molecule has 1 N–H and O–H groups in total. The van der Waals surface area contributed by atoms with E-state index < -0.39 is 11.5 Å². The number of rotatable bonds is 4. The third kappa shape index (κ3) is 4.55. The highest BCUT2D eigenvalue weighted by molar-refractivity contribution is 5.92. The lowest BCUT2D eigenvalue weighted by atomic mass is 10.0. The van der Waals surface area contributed by atoms with Gasteiger partial charge in [-0.1, -0.05) is 26.0 Å². The number of aryl methyl sites for hydroxylation is 2. The van der Waals surface area contributed by atoms with E-state index in [1.165, 1.54) is 4.57 Å². The van der Waals surface area contributed by atoms with Gasteiger partial charge in [0.05, 0.1) is 28.0 Å². The molecule has 2 atom stereocenters. The molecule has 39 heavy (non-hydrogen) atoms. The lowest BCUT2D eigenvalue weighted by Gasteiger charge is -2.38. The first kappa shape index (κ1) is 26.4. The van der Waals surface area contributed by atoms with Gasteiger partial charge in [-0.25, -0.2) is 18.7 Å². The van der Waals surface area contributed by atoms with Crippen molar-refractivity contribution < 1.29 is 4.39 Å². The van der Waals surface area contributed by atoms with Gasteiger partial charge < -0.3 is 10.2 Å². The van der Waals surface area contributed by atoms with Gasteiger partial charge in [0, 0.05) is 36.9 Å². The number of nitrogens with one attached hydrogen (secondary N) is 1. The molecule has 3 aromatic heterocycles. The number of halogens is 1. The molecule has 9 heteroatoms. The molecule has 5 rings (SSSR count). The molecule has 200 valence electrons. The fourth-order valence-corrected chi connectivity index (χ4v) is 5.27. The van der Waals surface area contributed by atoms with Gasteiger partial charge in [0.2, 0.25) is 0 Å². The highest BCUT2D eigenvalue weighted by atomic mass is 19.1. The van der Waals surface area contributed by atoms with Crippen LogP contribution >= 0.6 is 0 Å². The Morgan fingerprint density at radius 3 is 2.64 bits per heavy atom. The van der Waals surface area contributed by atoms with Crippen LogP contribution in [0.4, 0.5) is 10.2 Å². The second-order valence-electron chi connectivity index (χ2n) is 10.7. The molecule has 1 fully saturated rings. The summed E-state index contributed by atoms with van der Waals surface area (Å²) in [6.07, 6.45) is 1.72. The highest BCUT2D eigenvalue weighted by Gasteiger charge is 2.29. The summed E-state index contributed by atoms with van der Waals surface area (Å²) in [6.45, 7) is 13.1. The van der Waals surface area contributed by atoms with Crippen LogP contribution in [0.2, 0.25) is 0 Å². The normalized spacial score (nSPS) is 17.6. The third-order valence-electron chi connectivity index (χ3n) is 7.38. The molecule has 4 heterocycles. The summed E-state index contributed by atoms with van der Waals surface area (Å²) < 4.78 is 16.8. The van der Waals surface area contributed by atoms with E-state index in [9.17, 15) is 10.1 Å². The van der Waals surface area contributed by atoms with E-state index in [0.29, 0.717) is 34.6 Å². The minimum absolute atomic E-state index is 0.0163. The van der Waals surface area contributed by atoms with Crippen LogP contribution in [0.15, 0.2) is 41.3 Å². The Kier molecular flexibility index (Phi) is 6.91. The monoisotopic (exact) mass is 525 g/mol. The second kappa shape index (κ2) is 10.2. The summed E-state index contributed by atoms with van der Waals surface area (Å²) in [7, 11) is 0. The van der Waals surface area contributed by atoms with Gasteiger partial charge in [0.25, 0.3) is 0 Å². The number of anilines is 1. The summed E-state index contributed by atoms with van der Waals surface area (Å²) in [4.78, 5) is 30.1. The van der Waals surface area contributed by atoms with Crippen LogP contribution in [0.1, 0.15) is 56.0 Å². The molecular weight excluding hydrogens is 493 g/mol. The Hall–Kier alpha value is -4.16. The fraction of sp³-hybridized carbons (Fsp3) is 0.367. The molecule has 1 aliphatic rings. The number of nitrogens with zero attached hydrogens (tertiary/aromatic N) is 6. The average molecular weight is 526 g/mol. The first-order chi connectivity index (χ1) is 18.6. The van der Waals surface area contributed by atoms with Crippen LogP contribution in [0.25, 0.3) is 28.0 Å². The van der Waals surface area contributed by atoms with E-state index in [4.69, 9.17) is 4.98 Å². The molecule has 4 aromatic rings. The van der Waals surface area contributed by atoms with Gasteiger partial charge in [0.1, 0.15) is 17.7 Å². The number of benzene rings is 1. The predicted molar refractivity (Wildman–Crippen MR) is 151 cm³/mol. The Balaban J connectivity index is 1.94. The molecule has 8 nitrogen and oxygen atoms in total. The Morgan fingerprint density at radius 1 is 1.15 bits per heavy atom. The largest absolute Gasteiger partial charge is 0.355 e. The van der Waals surface area contributed by atoms with Gasteiger partial charge in [-0.3, -0.25) is 4.98 Å². The molecule has 0 saturated carbocycles. The van der Waals surface area contributed by atoms with E-state index in [2.05, 4.69) is 40.1 Å². The van der Waals surface area contributed by atoms with Gasteiger partial charge in [-0.2, -0.15) is 10.2 Å². The zero-order chi connectivity index (χ0) is 28.0. The molecule has 0 bridgehead atoms. The standard InChI is InChI=1S/C30H32FN7O/c1-16(2)25-27(18(4)10-11-33-25)38-29-23(28(36-30(38)39)37-15-19(5)34-14-20(37)6)12-21(13-32)26(35-29)22-9-7-8-17(3)24(22)31/h7-12,16,19-20,34H,14-15H2,1-6H3/t19-,20+/m1/s1. The molecular formula is C30H32FN7O. The third-order valence-corrected chi connectivity index (χ3v) is 7.38. The number of pyridine rings is 2. The number of nitriles is 1. The van der Waals surface area contributed by atoms with Crippen molar-refractivity contribution >= 4 is 16.9 Å². The van der Waals surface area contributed by atoms with Gasteiger partial charge in [-0.15, -0.1) is 0 Å². The number of aromatic nitrogens is 4. The Labute approximate surface area is 227 Å². The topological polar surface area (TPSA) is 99.7 Å². The zero-order valence-corrected chi connectivity index (χ0v) is 23.1.